The van der Waals surface area contributed by atoms with E-state index in [-0.39, 0.29) is 5.91 Å². The van der Waals surface area contributed by atoms with E-state index >= 15 is 0 Å². The molecule has 120 valence electrons. The SMILES string of the molecule is C=CCN1C(=O)C(=NN=Cc2ccc(OC)cc2)c2ccccc21. The van der Waals surface area contributed by atoms with E-state index in [1.54, 1.807) is 24.3 Å². The van der Waals surface area contributed by atoms with Crippen LogP contribution in [-0.4, -0.2) is 31.5 Å². The van der Waals surface area contributed by atoms with E-state index in [1.807, 2.05) is 48.5 Å². The van der Waals surface area contributed by atoms with Gasteiger partial charge in [-0.15, -0.1) is 11.7 Å². The summed E-state index contributed by atoms with van der Waals surface area (Å²) in [6.45, 7) is 4.14. The summed E-state index contributed by atoms with van der Waals surface area (Å²) in [6, 6.07) is 15.0. The summed E-state index contributed by atoms with van der Waals surface area (Å²) in [5, 5.41) is 8.22. The van der Waals surface area contributed by atoms with Crippen molar-refractivity contribution in [1.82, 2.24) is 0 Å². The van der Waals surface area contributed by atoms with Gasteiger partial charge in [-0.1, -0.05) is 24.3 Å². The van der Waals surface area contributed by atoms with Crippen LogP contribution >= 0.6 is 0 Å². The molecule has 0 saturated carbocycles. The van der Waals surface area contributed by atoms with Crippen LogP contribution in [0.3, 0.4) is 0 Å². The first-order valence-corrected chi connectivity index (χ1v) is 7.52. The predicted molar refractivity (Wildman–Crippen MR) is 96.1 cm³/mol. The fourth-order valence-corrected chi connectivity index (χ4v) is 2.51. The molecule has 0 unspecified atom stereocenters. The van der Waals surface area contributed by atoms with Crippen molar-refractivity contribution >= 4 is 23.5 Å². The average molecular weight is 319 g/mol. The van der Waals surface area contributed by atoms with Gasteiger partial charge in [0.2, 0.25) is 0 Å². The molecule has 0 N–H and O–H groups in total. The zero-order chi connectivity index (χ0) is 16.9. The highest BCUT2D eigenvalue weighted by atomic mass is 16.5. The Morgan fingerprint density at radius 1 is 1.17 bits per heavy atom. The van der Waals surface area contributed by atoms with Crippen LogP contribution in [0.25, 0.3) is 0 Å². The number of hydrogen-bond acceptors (Lipinski definition) is 4. The van der Waals surface area contributed by atoms with Crippen molar-refractivity contribution in [2.24, 2.45) is 10.2 Å². The van der Waals surface area contributed by atoms with E-state index in [2.05, 4.69) is 16.8 Å². The third kappa shape index (κ3) is 2.96. The topological polar surface area (TPSA) is 54.3 Å². The molecular weight excluding hydrogens is 302 g/mol. The van der Waals surface area contributed by atoms with Crippen LogP contribution in [-0.2, 0) is 4.79 Å². The molecule has 0 atom stereocenters. The summed E-state index contributed by atoms with van der Waals surface area (Å²) in [5.41, 5.74) is 2.84. The highest BCUT2D eigenvalue weighted by Gasteiger charge is 2.32. The molecule has 2 aromatic rings. The molecule has 0 aliphatic carbocycles. The Morgan fingerprint density at radius 2 is 1.92 bits per heavy atom. The van der Waals surface area contributed by atoms with Crippen molar-refractivity contribution < 1.29 is 9.53 Å². The van der Waals surface area contributed by atoms with Gasteiger partial charge in [0.25, 0.3) is 5.91 Å². The lowest BCUT2D eigenvalue weighted by Crippen LogP contribution is -2.30. The number of methoxy groups -OCH3 is 1. The van der Waals surface area contributed by atoms with Gasteiger partial charge in [0.05, 0.1) is 19.0 Å². The number of hydrogen-bond donors (Lipinski definition) is 0. The van der Waals surface area contributed by atoms with Gasteiger partial charge >= 0.3 is 0 Å². The molecule has 2 aromatic carbocycles. The molecule has 0 bridgehead atoms. The molecule has 5 heteroatoms. The molecule has 0 radical (unpaired) electrons. The van der Waals surface area contributed by atoms with E-state index in [1.165, 1.54) is 0 Å². The highest BCUT2D eigenvalue weighted by Crippen LogP contribution is 2.28. The Balaban J connectivity index is 1.87. The van der Waals surface area contributed by atoms with E-state index in [0.29, 0.717) is 12.3 Å². The van der Waals surface area contributed by atoms with Crippen LogP contribution < -0.4 is 9.64 Å². The van der Waals surface area contributed by atoms with Crippen LogP contribution in [0.2, 0.25) is 0 Å². The smallest absolute Gasteiger partial charge is 0.279 e. The number of carbonyl (C=O) groups excluding carboxylic acids is 1. The summed E-state index contributed by atoms with van der Waals surface area (Å²) in [4.78, 5) is 14.2. The van der Waals surface area contributed by atoms with Gasteiger partial charge < -0.3 is 9.64 Å². The molecule has 24 heavy (non-hydrogen) atoms. The number of amides is 1. The Bertz CT molecular complexity index is 823. The molecule has 0 spiro atoms. The minimum Gasteiger partial charge on any atom is -0.497 e. The number of fused-ring (bicyclic) bond motifs is 1. The largest absolute Gasteiger partial charge is 0.497 e. The number of rotatable bonds is 5. The average Bonchev–Trinajstić information content (AvgIpc) is 2.88. The molecule has 1 aliphatic rings. The minimum absolute atomic E-state index is 0.164. The van der Waals surface area contributed by atoms with Gasteiger partial charge in [-0.25, -0.2) is 0 Å². The van der Waals surface area contributed by atoms with Crippen LogP contribution in [0.5, 0.6) is 5.75 Å². The second-order valence-corrected chi connectivity index (χ2v) is 5.19. The summed E-state index contributed by atoms with van der Waals surface area (Å²) in [7, 11) is 1.62. The fourth-order valence-electron chi connectivity index (χ4n) is 2.51. The van der Waals surface area contributed by atoms with Crippen LogP contribution in [0.15, 0.2) is 71.4 Å². The van der Waals surface area contributed by atoms with E-state index in [0.717, 1.165) is 22.6 Å². The molecule has 1 heterocycles. The molecule has 0 fully saturated rings. The summed E-state index contributed by atoms with van der Waals surface area (Å²) < 4.78 is 5.11. The Hall–Kier alpha value is -3.21. The van der Waals surface area contributed by atoms with E-state index < -0.39 is 0 Å². The number of carbonyl (C=O) groups is 1. The maximum Gasteiger partial charge on any atom is 0.279 e. The van der Waals surface area contributed by atoms with Crippen molar-refractivity contribution in [3.8, 4) is 5.75 Å². The zero-order valence-electron chi connectivity index (χ0n) is 13.3. The quantitative estimate of drug-likeness (QED) is 0.483. The summed E-state index contributed by atoms with van der Waals surface area (Å²) >= 11 is 0. The molecule has 3 rings (SSSR count). The van der Waals surface area contributed by atoms with Gasteiger partial charge in [0.1, 0.15) is 5.75 Å². The monoisotopic (exact) mass is 319 g/mol. The van der Waals surface area contributed by atoms with Gasteiger partial charge in [-0.2, -0.15) is 5.10 Å². The fraction of sp³-hybridized carbons (Fsp3) is 0.105. The van der Waals surface area contributed by atoms with E-state index in [4.69, 9.17) is 4.74 Å². The lowest BCUT2D eigenvalue weighted by Gasteiger charge is -2.13. The van der Waals surface area contributed by atoms with Gasteiger partial charge in [-0.05, 0) is 35.9 Å². The third-order valence-corrected chi connectivity index (χ3v) is 3.69. The van der Waals surface area contributed by atoms with Crippen molar-refractivity contribution in [3.05, 3.63) is 72.3 Å². The predicted octanol–water partition coefficient (Wildman–Crippen LogP) is 3.05. The Kier molecular flexibility index (Phi) is 4.52. The first-order chi connectivity index (χ1) is 11.7. The lowest BCUT2D eigenvalue weighted by molar-refractivity contribution is -0.112. The number of nitrogens with zero attached hydrogens (tertiary/aromatic N) is 3. The highest BCUT2D eigenvalue weighted by molar-refractivity contribution is 6.54. The molecule has 1 aliphatic heterocycles. The molecule has 1 amide bonds. The standard InChI is InChI=1S/C19H17N3O2/c1-3-12-22-17-7-5-4-6-16(17)18(19(22)23)21-20-13-14-8-10-15(24-2)11-9-14/h3-11,13H,1,12H2,2H3. The van der Waals surface area contributed by atoms with Crippen LogP contribution in [0.4, 0.5) is 5.69 Å². The zero-order valence-corrected chi connectivity index (χ0v) is 13.3. The van der Waals surface area contributed by atoms with Crippen molar-refractivity contribution in [2.45, 2.75) is 0 Å². The van der Waals surface area contributed by atoms with Gasteiger partial charge in [0.15, 0.2) is 5.71 Å². The minimum atomic E-state index is -0.164. The number of para-hydroxylation sites is 1. The first kappa shape index (κ1) is 15.7. The third-order valence-electron chi connectivity index (χ3n) is 3.69. The normalized spacial score (nSPS) is 15.1. The second-order valence-electron chi connectivity index (χ2n) is 5.19. The molecule has 5 nitrogen and oxygen atoms in total. The Morgan fingerprint density at radius 3 is 2.62 bits per heavy atom. The van der Waals surface area contributed by atoms with Crippen molar-refractivity contribution in [3.63, 3.8) is 0 Å². The maximum absolute atomic E-state index is 12.5. The van der Waals surface area contributed by atoms with Gasteiger partial charge in [-0.3, -0.25) is 4.79 Å². The van der Waals surface area contributed by atoms with Crippen LogP contribution in [0.1, 0.15) is 11.1 Å². The molecule has 0 aromatic heterocycles. The lowest BCUT2D eigenvalue weighted by atomic mass is 10.1. The van der Waals surface area contributed by atoms with E-state index in [9.17, 15) is 4.79 Å². The van der Waals surface area contributed by atoms with Crippen molar-refractivity contribution in [2.75, 3.05) is 18.6 Å². The van der Waals surface area contributed by atoms with Crippen LogP contribution in [0, 0.1) is 0 Å². The molecular formula is C19H17N3O2. The number of ether oxygens (including phenoxy) is 1. The molecule has 0 saturated heterocycles. The maximum atomic E-state index is 12.5. The Labute approximate surface area is 140 Å². The van der Waals surface area contributed by atoms with Gasteiger partial charge in [0, 0.05) is 12.1 Å². The van der Waals surface area contributed by atoms with Crippen molar-refractivity contribution in [1.29, 1.82) is 0 Å². The summed E-state index contributed by atoms with van der Waals surface area (Å²) in [6.07, 6.45) is 3.30. The second kappa shape index (κ2) is 6.91. The number of anilines is 1. The first-order valence-electron chi connectivity index (χ1n) is 7.52. The summed E-state index contributed by atoms with van der Waals surface area (Å²) in [5.74, 6) is 0.612. The number of benzene rings is 2.